The van der Waals surface area contributed by atoms with Crippen LogP contribution < -0.4 is 10.6 Å². The second-order valence-electron chi connectivity index (χ2n) is 5.75. The van der Waals surface area contributed by atoms with Crippen molar-refractivity contribution in [2.24, 2.45) is 0 Å². The van der Waals surface area contributed by atoms with Gasteiger partial charge in [0.1, 0.15) is 0 Å². The molecule has 0 bridgehead atoms. The van der Waals surface area contributed by atoms with Gasteiger partial charge in [0.25, 0.3) is 0 Å². The molecule has 24 heavy (non-hydrogen) atoms. The smallest absolute Gasteiger partial charge is 0.238 e. The molecule has 2 N–H and O–H groups in total. The van der Waals surface area contributed by atoms with Gasteiger partial charge in [-0.3, -0.25) is 10.1 Å². The summed E-state index contributed by atoms with van der Waals surface area (Å²) in [7, 11) is 0. The highest BCUT2D eigenvalue weighted by Crippen LogP contribution is 2.30. The molecule has 2 rings (SSSR count). The minimum absolute atomic E-state index is 0.0782. The maximum Gasteiger partial charge on any atom is 0.238 e. The van der Waals surface area contributed by atoms with E-state index in [2.05, 4.69) is 10.6 Å². The minimum Gasteiger partial charge on any atom is -0.322 e. The number of amides is 1. The fraction of sp³-hybridized carbons (Fsp3) is 0.235. The number of anilines is 1. The third kappa shape index (κ3) is 4.78. The van der Waals surface area contributed by atoms with Crippen molar-refractivity contribution in [3.8, 4) is 0 Å². The topological polar surface area (TPSA) is 41.1 Å². The average molecular weight is 406 g/mol. The average Bonchev–Trinajstić information content (AvgIpc) is 2.52. The first kappa shape index (κ1) is 19.4. The molecule has 0 radical (unpaired) electrons. The van der Waals surface area contributed by atoms with Gasteiger partial charge >= 0.3 is 0 Å². The SMILES string of the molecule is CC(C)(NCC(=O)Nc1c(Cl)cccc1Cl)c1ccc(Cl)c(Cl)c1. The Morgan fingerprint density at radius 3 is 2.17 bits per heavy atom. The Bertz CT molecular complexity index is 742. The van der Waals surface area contributed by atoms with E-state index in [1.807, 2.05) is 19.9 Å². The lowest BCUT2D eigenvalue weighted by Gasteiger charge is -2.27. The first-order valence-electron chi connectivity index (χ1n) is 7.15. The Morgan fingerprint density at radius 1 is 0.958 bits per heavy atom. The van der Waals surface area contributed by atoms with E-state index in [0.717, 1.165) is 5.56 Å². The second-order valence-corrected chi connectivity index (χ2v) is 7.38. The number of hydrogen-bond donors (Lipinski definition) is 2. The molecule has 0 aromatic heterocycles. The van der Waals surface area contributed by atoms with Gasteiger partial charge in [-0.15, -0.1) is 0 Å². The number of nitrogens with one attached hydrogen (secondary N) is 2. The highest BCUT2D eigenvalue weighted by molar-refractivity contribution is 6.42. The van der Waals surface area contributed by atoms with Crippen molar-refractivity contribution in [3.63, 3.8) is 0 Å². The molecule has 7 heteroatoms. The lowest BCUT2D eigenvalue weighted by Crippen LogP contribution is -2.41. The molecule has 0 atom stereocenters. The van der Waals surface area contributed by atoms with Gasteiger partial charge in [-0.05, 0) is 43.7 Å². The van der Waals surface area contributed by atoms with Crippen LogP contribution in [-0.4, -0.2) is 12.5 Å². The van der Waals surface area contributed by atoms with E-state index in [0.29, 0.717) is 25.8 Å². The molecule has 0 heterocycles. The van der Waals surface area contributed by atoms with Gasteiger partial charge in [0.15, 0.2) is 0 Å². The standard InChI is InChI=1S/C17H16Cl4N2O/c1-17(2,10-6-7-11(18)14(21)8-10)22-9-15(24)23-16-12(19)4-3-5-13(16)20/h3-8,22H,9H2,1-2H3,(H,23,24). The predicted molar refractivity (Wildman–Crippen MR) is 103 cm³/mol. The van der Waals surface area contributed by atoms with Gasteiger partial charge in [-0.25, -0.2) is 0 Å². The molecule has 2 aromatic rings. The van der Waals surface area contributed by atoms with Crippen molar-refractivity contribution in [2.45, 2.75) is 19.4 Å². The van der Waals surface area contributed by atoms with Crippen LogP contribution in [0.15, 0.2) is 36.4 Å². The molecular formula is C17H16Cl4N2O. The van der Waals surface area contributed by atoms with Gasteiger partial charge in [-0.1, -0.05) is 58.5 Å². The number of carbonyl (C=O) groups excluding carboxylic acids is 1. The van der Waals surface area contributed by atoms with E-state index in [1.54, 1.807) is 30.3 Å². The third-order valence-corrected chi connectivity index (χ3v) is 4.93. The molecule has 0 aliphatic rings. The van der Waals surface area contributed by atoms with Gasteiger partial charge in [0.2, 0.25) is 5.91 Å². The van der Waals surface area contributed by atoms with E-state index < -0.39 is 5.54 Å². The third-order valence-electron chi connectivity index (χ3n) is 3.56. The number of para-hydroxylation sites is 1. The van der Waals surface area contributed by atoms with E-state index in [1.165, 1.54) is 0 Å². The number of rotatable bonds is 5. The predicted octanol–water partition coefficient (Wildman–Crippen LogP) is 5.76. The molecule has 0 unspecified atom stereocenters. The summed E-state index contributed by atoms with van der Waals surface area (Å²) in [4.78, 5) is 12.2. The lowest BCUT2D eigenvalue weighted by molar-refractivity contribution is -0.115. The van der Waals surface area contributed by atoms with Crippen LogP contribution in [0.4, 0.5) is 5.69 Å². The van der Waals surface area contributed by atoms with Crippen LogP contribution in [-0.2, 0) is 10.3 Å². The number of hydrogen-bond acceptors (Lipinski definition) is 2. The summed E-state index contributed by atoms with van der Waals surface area (Å²) in [6.07, 6.45) is 0. The Balaban J connectivity index is 2.03. The highest BCUT2D eigenvalue weighted by Gasteiger charge is 2.22. The normalized spacial score (nSPS) is 11.4. The van der Waals surface area contributed by atoms with Crippen molar-refractivity contribution in [3.05, 3.63) is 62.1 Å². The van der Waals surface area contributed by atoms with Crippen LogP contribution >= 0.6 is 46.4 Å². The molecule has 0 saturated carbocycles. The van der Waals surface area contributed by atoms with Crippen LogP contribution in [0.25, 0.3) is 0 Å². The highest BCUT2D eigenvalue weighted by atomic mass is 35.5. The van der Waals surface area contributed by atoms with E-state index in [9.17, 15) is 4.79 Å². The molecule has 128 valence electrons. The monoisotopic (exact) mass is 404 g/mol. The number of halogens is 4. The lowest BCUT2D eigenvalue weighted by atomic mass is 9.94. The van der Waals surface area contributed by atoms with Gasteiger partial charge in [0, 0.05) is 5.54 Å². The summed E-state index contributed by atoms with van der Waals surface area (Å²) < 4.78 is 0. The van der Waals surface area contributed by atoms with E-state index >= 15 is 0 Å². The molecular weight excluding hydrogens is 390 g/mol. The van der Waals surface area contributed by atoms with E-state index in [-0.39, 0.29) is 12.5 Å². The fourth-order valence-electron chi connectivity index (χ4n) is 2.09. The summed E-state index contributed by atoms with van der Waals surface area (Å²) in [5.74, 6) is -0.252. The molecule has 3 nitrogen and oxygen atoms in total. The molecule has 0 spiro atoms. The largest absolute Gasteiger partial charge is 0.322 e. The maximum absolute atomic E-state index is 12.2. The van der Waals surface area contributed by atoms with Crippen molar-refractivity contribution in [1.82, 2.24) is 5.32 Å². The summed E-state index contributed by atoms with van der Waals surface area (Å²) >= 11 is 24.1. The fourth-order valence-corrected chi connectivity index (χ4v) is 2.88. The second kappa shape index (κ2) is 7.94. The summed E-state index contributed by atoms with van der Waals surface area (Å²) in [6.45, 7) is 3.97. The Morgan fingerprint density at radius 2 is 1.58 bits per heavy atom. The van der Waals surface area contributed by atoms with Crippen LogP contribution in [0, 0.1) is 0 Å². The van der Waals surface area contributed by atoms with Crippen LogP contribution in [0.5, 0.6) is 0 Å². The summed E-state index contributed by atoms with van der Waals surface area (Å²) in [5, 5.41) is 7.63. The van der Waals surface area contributed by atoms with Crippen molar-refractivity contribution >= 4 is 58.0 Å². The molecule has 0 saturated heterocycles. The van der Waals surface area contributed by atoms with Crippen LogP contribution in [0.3, 0.4) is 0 Å². The summed E-state index contributed by atoms with van der Waals surface area (Å²) in [6, 6.07) is 10.4. The zero-order valence-corrected chi connectivity index (χ0v) is 16.1. The molecule has 1 amide bonds. The zero-order chi connectivity index (χ0) is 17.9. The first-order chi connectivity index (χ1) is 11.2. The Labute approximate surface area is 161 Å². The number of carbonyl (C=O) groups is 1. The van der Waals surface area contributed by atoms with E-state index in [4.69, 9.17) is 46.4 Å². The van der Waals surface area contributed by atoms with Crippen molar-refractivity contribution in [1.29, 1.82) is 0 Å². The molecule has 2 aromatic carbocycles. The van der Waals surface area contributed by atoms with Crippen molar-refractivity contribution in [2.75, 3.05) is 11.9 Å². The Hall–Kier alpha value is -0.970. The molecule has 0 aliphatic carbocycles. The summed E-state index contributed by atoms with van der Waals surface area (Å²) in [5.41, 5.74) is 0.844. The Kier molecular flexibility index (Phi) is 6.40. The minimum atomic E-state index is -0.476. The quantitative estimate of drug-likeness (QED) is 0.663. The molecule has 0 aliphatic heterocycles. The maximum atomic E-state index is 12.2. The van der Waals surface area contributed by atoms with Crippen LogP contribution in [0.2, 0.25) is 20.1 Å². The van der Waals surface area contributed by atoms with Gasteiger partial charge in [0.05, 0.1) is 32.3 Å². The molecule has 0 fully saturated rings. The first-order valence-corrected chi connectivity index (χ1v) is 8.66. The van der Waals surface area contributed by atoms with Crippen LogP contribution in [0.1, 0.15) is 19.4 Å². The number of benzene rings is 2. The zero-order valence-electron chi connectivity index (χ0n) is 13.1. The van der Waals surface area contributed by atoms with Gasteiger partial charge < -0.3 is 5.32 Å². The van der Waals surface area contributed by atoms with Crippen molar-refractivity contribution < 1.29 is 4.79 Å². The van der Waals surface area contributed by atoms with Gasteiger partial charge in [-0.2, -0.15) is 0 Å².